The number of esters is 1. The maximum Gasteiger partial charge on any atom is 0.340 e. The van der Waals surface area contributed by atoms with Crippen LogP contribution in [0.25, 0.3) is 10.8 Å². The van der Waals surface area contributed by atoms with Gasteiger partial charge in [-0.2, -0.15) is 0 Å². The van der Waals surface area contributed by atoms with Crippen molar-refractivity contribution in [1.82, 2.24) is 9.55 Å². The average Bonchev–Trinajstić information content (AvgIpc) is 3.24. The quantitative estimate of drug-likeness (QED) is 0.626. The third kappa shape index (κ3) is 3.14. The minimum absolute atomic E-state index is 0.0963. The number of nitrogens with zero attached hydrogens (tertiary/aromatic N) is 2. The van der Waals surface area contributed by atoms with Crippen LogP contribution in [-0.4, -0.2) is 15.5 Å². The van der Waals surface area contributed by atoms with E-state index in [9.17, 15) is 4.79 Å². The number of carbonyl (C=O) groups is 1. The Balaban J connectivity index is 1.69. The Kier molecular flexibility index (Phi) is 4.57. The van der Waals surface area contributed by atoms with Crippen LogP contribution < -0.4 is 0 Å². The van der Waals surface area contributed by atoms with Gasteiger partial charge in [-0.3, -0.25) is 0 Å². The van der Waals surface area contributed by atoms with E-state index in [2.05, 4.69) is 23.4 Å². The number of oxazole rings is 1. The van der Waals surface area contributed by atoms with Crippen LogP contribution in [0.3, 0.4) is 0 Å². The number of ether oxygens (including phenoxy) is 1. The summed E-state index contributed by atoms with van der Waals surface area (Å²) in [6.45, 7) is 8.22. The third-order valence-corrected chi connectivity index (χ3v) is 4.71. The molecule has 3 aromatic heterocycles. The second-order valence-corrected chi connectivity index (χ2v) is 6.89. The Morgan fingerprint density at radius 1 is 1.42 bits per heavy atom. The molecule has 0 aliphatic heterocycles. The molecule has 0 atom stereocenters. The number of carbonyl (C=O) groups excluding carboxylic acids is 1. The Labute approximate surface area is 144 Å². The standard InChI is InChI=1S/C18H20N2O3S/c1-11(2)20-12(3)8-15(13(20)4)18(21)23-10-14-9-22-17(19-14)16-6-5-7-24-16/h5-9,11H,10H2,1-4H3. The van der Waals surface area contributed by atoms with Crippen LogP contribution in [0.5, 0.6) is 0 Å². The molecule has 0 bridgehead atoms. The minimum Gasteiger partial charge on any atom is -0.455 e. The van der Waals surface area contributed by atoms with Gasteiger partial charge in [0, 0.05) is 17.4 Å². The van der Waals surface area contributed by atoms with Gasteiger partial charge >= 0.3 is 5.97 Å². The highest BCUT2D eigenvalue weighted by Crippen LogP contribution is 2.24. The molecule has 0 saturated carbocycles. The van der Waals surface area contributed by atoms with E-state index in [1.54, 1.807) is 11.3 Å². The largest absolute Gasteiger partial charge is 0.455 e. The average molecular weight is 344 g/mol. The number of thiophene rings is 1. The van der Waals surface area contributed by atoms with Crippen LogP contribution in [0.1, 0.15) is 47.3 Å². The molecule has 6 heteroatoms. The lowest BCUT2D eigenvalue weighted by Gasteiger charge is -2.13. The van der Waals surface area contributed by atoms with Gasteiger partial charge in [0.05, 0.1) is 10.4 Å². The van der Waals surface area contributed by atoms with Gasteiger partial charge in [-0.15, -0.1) is 11.3 Å². The first kappa shape index (κ1) is 16.5. The van der Waals surface area contributed by atoms with Crippen molar-refractivity contribution in [1.29, 1.82) is 0 Å². The van der Waals surface area contributed by atoms with Gasteiger partial charge in [0.25, 0.3) is 0 Å². The summed E-state index contributed by atoms with van der Waals surface area (Å²) in [5, 5.41) is 1.96. The molecule has 0 spiro atoms. The summed E-state index contributed by atoms with van der Waals surface area (Å²) < 4.78 is 13.0. The Bertz CT molecular complexity index is 844. The summed E-state index contributed by atoms with van der Waals surface area (Å²) in [7, 11) is 0. The number of aromatic nitrogens is 2. The smallest absolute Gasteiger partial charge is 0.340 e. The van der Waals surface area contributed by atoms with E-state index in [1.807, 2.05) is 37.4 Å². The lowest BCUT2D eigenvalue weighted by molar-refractivity contribution is 0.0466. The summed E-state index contributed by atoms with van der Waals surface area (Å²) in [5.74, 6) is 0.213. The van der Waals surface area contributed by atoms with Gasteiger partial charge in [0.1, 0.15) is 18.6 Å². The first-order valence-corrected chi connectivity index (χ1v) is 8.69. The second-order valence-electron chi connectivity index (χ2n) is 5.95. The molecular weight excluding hydrogens is 324 g/mol. The van der Waals surface area contributed by atoms with Crippen LogP contribution in [0.2, 0.25) is 0 Å². The van der Waals surface area contributed by atoms with Crippen molar-refractivity contribution in [3.63, 3.8) is 0 Å². The summed E-state index contributed by atoms with van der Waals surface area (Å²) in [5.41, 5.74) is 3.18. The van der Waals surface area contributed by atoms with Gasteiger partial charge in [0.15, 0.2) is 0 Å². The Hall–Kier alpha value is -2.34. The molecule has 0 fully saturated rings. The Morgan fingerprint density at radius 3 is 2.83 bits per heavy atom. The highest BCUT2D eigenvalue weighted by atomic mass is 32.1. The molecule has 3 rings (SSSR count). The van der Waals surface area contributed by atoms with Crippen LogP contribution in [-0.2, 0) is 11.3 Å². The molecule has 3 aromatic rings. The van der Waals surface area contributed by atoms with E-state index in [0.29, 0.717) is 23.2 Å². The zero-order chi connectivity index (χ0) is 17.3. The topological polar surface area (TPSA) is 57.3 Å². The van der Waals surface area contributed by atoms with Crippen LogP contribution in [0.15, 0.2) is 34.3 Å². The van der Waals surface area contributed by atoms with E-state index < -0.39 is 0 Å². The first-order valence-electron chi connectivity index (χ1n) is 7.81. The fourth-order valence-electron chi connectivity index (χ4n) is 2.88. The van der Waals surface area contributed by atoms with E-state index in [1.165, 1.54) is 6.26 Å². The maximum absolute atomic E-state index is 12.4. The van der Waals surface area contributed by atoms with Crippen molar-refractivity contribution in [3.8, 4) is 10.8 Å². The van der Waals surface area contributed by atoms with Gasteiger partial charge < -0.3 is 13.7 Å². The third-order valence-electron chi connectivity index (χ3n) is 3.86. The molecule has 0 saturated heterocycles. The van der Waals surface area contributed by atoms with Gasteiger partial charge in [0.2, 0.25) is 5.89 Å². The molecule has 0 aliphatic carbocycles. The molecule has 0 aliphatic rings. The zero-order valence-electron chi connectivity index (χ0n) is 14.2. The summed E-state index contributed by atoms with van der Waals surface area (Å²) >= 11 is 1.55. The highest BCUT2D eigenvalue weighted by molar-refractivity contribution is 7.13. The van der Waals surface area contributed by atoms with Crippen LogP contribution >= 0.6 is 11.3 Å². The predicted molar refractivity (Wildman–Crippen MR) is 93.2 cm³/mol. The number of hydrogen-bond acceptors (Lipinski definition) is 5. The monoisotopic (exact) mass is 344 g/mol. The fourth-order valence-corrected chi connectivity index (χ4v) is 3.54. The molecule has 24 heavy (non-hydrogen) atoms. The van der Waals surface area contributed by atoms with E-state index in [-0.39, 0.29) is 12.6 Å². The normalized spacial score (nSPS) is 11.2. The van der Waals surface area contributed by atoms with Gasteiger partial charge in [-0.05, 0) is 45.2 Å². The van der Waals surface area contributed by atoms with Crippen LogP contribution in [0.4, 0.5) is 0 Å². The van der Waals surface area contributed by atoms with E-state index in [4.69, 9.17) is 9.15 Å². The summed E-state index contributed by atoms with van der Waals surface area (Å²) in [6, 6.07) is 6.05. The molecule has 0 aromatic carbocycles. The fraction of sp³-hybridized carbons (Fsp3) is 0.333. The number of aryl methyl sites for hydroxylation is 1. The van der Waals surface area contributed by atoms with Crippen molar-refractivity contribution in [2.45, 2.75) is 40.3 Å². The molecule has 3 heterocycles. The first-order chi connectivity index (χ1) is 11.5. The SMILES string of the molecule is Cc1cc(C(=O)OCc2coc(-c3cccs3)n2)c(C)n1C(C)C. The summed E-state index contributed by atoms with van der Waals surface area (Å²) in [6.07, 6.45) is 1.53. The van der Waals surface area contributed by atoms with Crippen LogP contribution in [0, 0.1) is 13.8 Å². The molecule has 126 valence electrons. The maximum atomic E-state index is 12.4. The van der Waals surface area contributed by atoms with Gasteiger partial charge in [-0.1, -0.05) is 6.07 Å². The molecule has 5 nitrogen and oxygen atoms in total. The predicted octanol–water partition coefficient (Wildman–Crippen LogP) is 4.76. The lowest BCUT2D eigenvalue weighted by atomic mass is 10.2. The highest BCUT2D eigenvalue weighted by Gasteiger charge is 2.19. The Morgan fingerprint density at radius 2 is 2.21 bits per heavy atom. The van der Waals surface area contributed by atoms with Crippen molar-refractivity contribution in [3.05, 3.63) is 52.5 Å². The molecule has 0 amide bonds. The second kappa shape index (κ2) is 6.65. The molecule has 0 unspecified atom stereocenters. The molecule has 0 radical (unpaired) electrons. The van der Waals surface area contributed by atoms with Gasteiger partial charge in [-0.25, -0.2) is 9.78 Å². The minimum atomic E-state index is -0.337. The van der Waals surface area contributed by atoms with Crippen molar-refractivity contribution < 1.29 is 13.9 Å². The number of rotatable bonds is 5. The zero-order valence-corrected chi connectivity index (χ0v) is 15.0. The van der Waals surface area contributed by atoms with Crippen molar-refractivity contribution in [2.24, 2.45) is 0 Å². The molecule has 0 N–H and O–H groups in total. The van der Waals surface area contributed by atoms with E-state index in [0.717, 1.165) is 16.3 Å². The van der Waals surface area contributed by atoms with Crippen molar-refractivity contribution in [2.75, 3.05) is 0 Å². The van der Waals surface area contributed by atoms with Crippen molar-refractivity contribution >= 4 is 17.3 Å². The summed E-state index contributed by atoms with van der Waals surface area (Å²) in [4.78, 5) is 17.7. The molecular formula is C18H20N2O3S. The lowest BCUT2D eigenvalue weighted by Crippen LogP contribution is -2.09. The number of hydrogen-bond donors (Lipinski definition) is 0. The van der Waals surface area contributed by atoms with E-state index >= 15 is 0 Å².